The van der Waals surface area contributed by atoms with Crippen LogP contribution in [0.1, 0.15) is 39.0 Å². The Labute approximate surface area is 120 Å². The second-order valence-electron chi connectivity index (χ2n) is 4.92. The molecule has 5 nitrogen and oxygen atoms in total. The minimum absolute atomic E-state index is 0.369. The molecule has 0 saturated carbocycles. The Balaban J connectivity index is 2.04. The number of carbonyl (C=O) groups excluding carboxylic acids is 2. The van der Waals surface area contributed by atoms with E-state index in [1.54, 1.807) is 0 Å². The van der Waals surface area contributed by atoms with Crippen LogP contribution in [-0.4, -0.2) is 49.7 Å². The van der Waals surface area contributed by atoms with Crippen LogP contribution in [-0.2, 0) is 19.1 Å². The maximum Gasteiger partial charge on any atom is 0.331 e. The van der Waals surface area contributed by atoms with Gasteiger partial charge in [-0.1, -0.05) is 13.3 Å². The molecular weight excluding hydrogens is 258 g/mol. The Morgan fingerprint density at radius 2 is 1.60 bits per heavy atom. The highest BCUT2D eigenvalue weighted by Crippen LogP contribution is 2.08. The van der Waals surface area contributed by atoms with Gasteiger partial charge < -0.3 is 14.4 Å². The van der Waals surface area contributed by atoms with Crippen molar-refractivity contribution in [1.82, 2.24) is 4.90 Å². The zero-order chi connectivity index (χ0) is 14.6. The molecule has 0 unspecified atom stereocenters. The third-order valence-corrected chi connectivity index (χ3v) is 3.12. The van der Waals surface area contributed by atoms with Crippen LogP contribution in [0, 0.1) is 0 Å². The van der Waals surface area contributed by atoms with Crippen LogP contribution in [0.3, 0.4) is 0 Å². The van der Waals surface area contributed by atoms with Gasteiger partial charge in [-0.15, -0.1) is 0 Å². The van der Waals surface area contributed by atoms with Gasteiger partial charge >= 0.3 is 11.9 Å². The molecule has 114 valence electrons. The summed E-state index contributed by atoms with van der Waals surface area (Å²) < 4.78 is 9.83. The quantitative estimate of drug-likeness (QED) is 0.387. The van der Waals surface area contributed by atoms with Crippen LogP contribution in [0.5, 0.6) is 0 Å². The number of likely N-dealkylation sites (tertiary alicyclic amines) is 1. The van der Waals surface area contributed by atoms with Crippen molar-refractivity contribution in [2.24, 2.45) is 0 Å². The number of piperidine rings is 1. The average molecular weight is 283 g/mol. The van der Waals surface area contributed by atoms with Gasteiger partial charge in [0, 0.05) is 18.7 Å². The molecule has 1 heterocycles. The standard InChI is InChI=1S/C15H25NO4/c1-2-12-19-14(17)7-8-15(18)20-13-6-11-16-9-4-3-5-10-16/h7-8H,2-6,9-13H2,1H3/b8-7+. The molecule has 1 fully saturated rings. The number of ether oxygens (including phenoxy) is 2. The van der Waals surface area contributed by atoms with Gasteiger partial charge in [-0.05, 0) is 38.8 Å². The Kier molecular flexibility index (Phi) is 8.71. The van der Waals surface area contributed by atoms with Crippen molar-refractivity contribution < 1.29 is 19.1 Å². The molecule has 1 saturated heterocycles. The van der Waals surface area contributed by atoms with Gasteiger partial charge in [0.2, 0.25) is 0 Å². The Bertz CT molecular complexity index is 322. The number of esters is 2. The van der Waals surface area contributed by atoms with Crippen molar-refractivity contribution in [1.29, 1.82) is 0 Å². The number of hydrogen-bond acceptors (Lipinski definition) is 5. The summed E-state index contributed by atoms with van der Waals surface area (Å²) >= 11 is 0. The van der Waals surface area contributed by atoms with Gasteiger partial charge in [0.1, 0.15) is 0 Å². The minimum Gasteiger partial charge on any atom is -0.463 e. The lowest BCUT2D eigenvalue weighted by atomic mass is 10.1. The largest absolute Gasteiger partial charge is 0.463 e. The molecule has 1 rings (SSSR count). The molecule has 0 atom stereocenters. The van der Waals surface area contributed by atoms with E-state index in [-0.39, 0.29) is 0 Å². The number of nitrogens with zero attached hydrogens (tertiary/aromatic N) is 1. The number of rotatable bonds is 8. The van der Waals surface area contributed by atoms with Crippen molar-refractivity contribution >= 4 is 11.9 Å². The van der Waals surface area contributed by atoms with E-state index in [4.69, 9.17) is 9.47 Å². The first kappa shape index (κ1) is 16.7. The first-order chi connectivity index (χ1) is 9.72. The lowest BCUT2D eigenvalue weighted by molar-refractivity contribution is -0.140. The van der Waals surface area contributed by atoms with E-state index in [1.165, 1.54) is 19.3 Å². The maximum absolute atomic E-state index is 11.3. The van der Waals surface area contributed by atoms with Gasteiger partial charge in [0.05, 0.1) is 13.2 Å². The number of carbonyl (C=O) groups is 2. The summed E-state index contributed by atoms with van der Waals surface area (Å²) in [6.07, 6.45) is 7.69. The van der Waals surface area contributed by atoms with Crippen molar-refractivity contribution in [3.63, 3.8) is 0 Å². The van der Waals surface area contributed by atoms with E-state index < -0.39 is 11.9 Å². The highest BCUT2D eigenvalue weighted by molar-refractivity contribution is 5.91. The predicted octanol–water partition coefficient (Wildman–Crippen LogP) is 1.92. The van der Waals surface area contributed by atoms with E-state index in [0.717, 1.165) is 44.6 Å². The van der Waals surface area contributed by atoms with Crippen LogP contribution in [0.15, 0.2) is 12.2 Å². The van der Waals surface area contributed by atoms with Crippen molar-refractivity contribution in [3.05, 3.63) is 12.2 Å². The molecule has 1 aliphatic heterocycles. The third-order valence-electron chi connectivity index (χ3n) is 3.12. The molecule has 0 aromatic rings. The first-order valence-corrected chi connectivity index (χ1v) is 7.46. The molecule has 0 radical (unpaired) electrons. The Morgan fingerprint density at radius 1 is 1.00 bits per heavy atom. The van der Waals surface area contributed by atoms with Crippen LogP contribution in [0.2, 0.25) is 0 Å². The van der Waals surface area contributed by atoms with Crippen LogP contribution < -0.4 is 0 Å². The van der Waals surface area contributed by atoms with Crippen molar-refractivity contribution in [2.75, 3.05) is 32.8 Å². The zero-order valence-corrected chi connectivity index (χ0v) is 12.3. The van der Waals surface area contributed by atoms with Crippen LogP contribution in [0.4, 0.5) is 0 Å². The molecule has 5 heteroatoms. The van der Waals surface area contributed by atoms with E-state index in [2.05, 4.69) is 4.90 Å². The summed E-state index contributed by atoms with van der Waals surface area (Å²) in [5.41, 5.74) is 0. The van der Waals surface area contributed by atoms with Crippen LogP contribution in [0.25, 0.3) is 0 Å². The third kappa shape index (κ3) is 7.94. The molecule has 20 heavy (non-hydrogen) atoms. The first-order valence-electron chi connectivity index (χ1n) is 7.46. The Morgan fingerprint density at radius 3 is 2.20 bits per heavy atom. The lowest BCUT2D eigenvalue weighted by Crippen LogP contribution is -2.31. The molecule has 0 bridgehead atoms. The van der Waals surface area contributed by atoms with E-state index >= 15 is 0 Å². The van der Waals surface area contributed by atoms with Crippen molar-refractivity contribution in [3.8, 4) is 0 Å². The molecule has 0 aliphatic carbocycles. The van der Waals surface area contributed by atoms with Gasteiger partial charge in [0.25, 0.3) is 0 Å². The molecule has 0 amide bonds. The van der Waals surface area contributed by atoms with Gasteiger partial charge in [-0.25, -0.2) is 9.59 Å². The summed E-state index contributed by atoms with van der Waals surface area (Å²) in [4.78, 5) is 24.9. The summed E-state index contributed by atoms with van der Waals surface area (Å²) in [5.74, 6) is -0.991. The fraction of sp³-hybridized carbons (Fsp3) is 0.733. The predicted molar refractivity (Wildman–Crippen MR) is 76.3 cm³/mol. The Hall–Kier alpha value is -1.36. The van der Waals surface area contributed by atoms with Gasteiger partial charge in [-0.3, -0.25) is 0 Å². The van der Waals surface area contributed by atoms with E-state index in [0.29, 0.717) is 13.2 Å². The topological polar surface area (TPSA) is 55.8 Å². The second kappa shape index (κ2) is 10.4. The van der Waals surface area contributed by atoms with E-state index in [9.17, 15) is 9.59 Å². The molecular formula is C15H25NO4. The highest BCUT2D eigenvalue weighted by atomic mass is 16.5. The van der Waals surface area contributed by atoms with Crippen molar-refractivity contribution in [2.45, 2.75) is 39.0 Å². The molecule has 0 N–H and O–H groups in total. The fourth-order valence-electron chi connectivity index (χ4n) is 2.08. The lowest BCUT2D eigenvalue weighted by Gasteiger charge is -2.26. The highest BCUT2D eigenvalue weighted by Gasteiger charge is 2.09. The molecule has 0 spiro atoms. The van der Waals surface area contributed by atoms with Gasteiger partial charge in [0.15, 0.2) is 0 Å². The van der Waals surface area contributed by atoms with Gasteiger partial charge in [-0.2, -0.15) is 0 Å². The zero-order valence-electron chi connectivity index (χ0n) is 12.3. The monoisotopic (exact) mass is 283 g/mol. The maximum atomic E-state index is 11.3. The normalized spacial score (nSPS) is 16.2. The number of hydrogen-bond donors (Lipinski definition) is 0. The fourth-order valence-corrected chi connectivity index (χ4v) is 2.08. The van der Waals surface area contributed by atoms with Crippen LogP contribution >= 0.6 is 0 Å². The smallest absolute Gasteiger partial charge is 0.331 e. The second-order valence-corrected chi connectivity index (χ2v) is 4.92. The minimum atomic E-state index is -0.503. The molecule has 0 aromatic heterocycles. The summed E-state index contributed by atoms with van der Waals surface area (Å²) in [6.45, 7) is 5.94. The average Bonchev–Trinajstić information content (AvgIpc) is 2.48. The summed E-state index contributed by atoms with van der Waals surface area (Å²) in [6, 6.07) is 0. The molecule has 0 aromatic carbocycles. The summed E-state index contributed by atoms with van der Waals surface area (Å²) in [7, 11) is 0. The molecule has 1 aliphatic rings. The van der Waals surface area contributed by atoms with E-state index in [1.807, 2.05) is 6.92 Å². The SMILES string of the molecule is CCCOC(=O)/C=C/C(=O)OCCCN1CCCCC1. The summed E-state index contributed by atoms with van der Waals surface area (Å²) in [5, 5.41) is 0.